The highest BCUT2D eigenvalue weighted by Crippen LogP contribution is 2.19. The van der Waals surface area contributed by atoms with Crippen LogP contribution in [0.4, 0.5) is 5.69 Å². The zero-order valence-electron chi connectivity index (χ0n) is 10.1. The third kappa shape index (κ3) is 3.27. The molecule has 0 atom stereocenters. The fourth-order valence-corrected chi connectivity index (χ4v) is 1.36. The van der Waals surface area contributed by atoms with Crippen molar-refractivity contribution in [1.29, 1.82) is 0 Å². The number of hydrogen-bond donors (Lipinski definition) is 2. The van der Waals surface area contributed by atoms with E-state index in [2.05, 4.69) is 15.5 Å². The van der Waals surface area contributed by atoms with Crippen LogP contribution in [-0.4, -0.2) is 27.6 Å². The van der Waals surface area contributed by atoms with Crippen molar-refractivity contribution in [3.8, 4) is 0 Å². The van der Waals surface area contributed by atoms with Crippen molar-refractivity contribution in [2.75, 3.05) is 6.54 Å². The fourth-order valence-electron chi connectivity index (χ4n) is 1.36. The van der Waals surface area contributed by atoms with E-state index < -0.39 is 10.8 Å². The second-order valence-electron chi connectivity index (χ2n) is 4.24. The van der Waals surface area contributed by atoms with Crippen molar-refractivity contribution in [1.82, 2.24) is 15.5 Å². The molecule has 0 spiro atoms. The molecule has 1 rings (SSSR count). The Bertz CT molecular complexity index is 425. The van der Waals surface area contributed by atoms with Crippen LogP contribution in [0, 0.1) is 23.0 Å². The van der Waals surface area contributed by atoms with Crippen molar-refractivity contribution < 1.29 is 9.72 Å². The van der Waals surface area contributed by atoms with Crippen LogP contribution in [0.15, 0.2) is 0 Å². The van der Waals surface area contributed by atoms with Gasteiger partial charge in [0.15, 0.2) is 0 Å². The zero-order valence-corrected chi connectivity index (χ0v) is 10.1. The number of hydrogen-bond acceptors (Lipinski definition) is 4. The minimum absolute atomic E-state index is 0.156. The number of aryl methyl sites for hydroxylation is 1. The molecule has 1 aromatic heterocycles. The van der Waals surface area contributed by atoms with Crippen LogP contribution in [0.2, 0.25) is 0 Å². The van der Waals surface area contributed by atoms with E-state index in [4.69, 9.17) is 0 Å². The van der Waals surface area contributed by atoms with Gasteiger partial charge in [0.1, 0.15) is 5.69 Å². The molecule has 17 heavy (non-hydrogen) atoms. The van der Waals surface area contributed by atoms with Gasteiger partial charge in [0.2, 0.25) is 5.69 Å². The second-order valence-corrected chi connectivity index (χ2v) is 4.24. The van der Waals surface area contributed by atoms with Gasteiger partial charge in [0.25, 0.3) is 5.91 Å². The highest BCUT2D eigenvalue weighted by atomic mass is 16.6. The monoisotopic (exact) mass is 240 g/mol. The van der Waals surface area contributed by atoms with Crippen LogP contribution in [-0.2, 0) is 0 Å². The standard InChI is InChI=1S/C10H16N4O3/c1-6(2)4-5-11-10(15)8-9(14(16)17)7(3)12-13-8/h6H,4-5H2,1-3H3,(H,11,15)(H,12,13). The SMILES string of the molecule is Cc1[nH]nc(C(=O)NCCC(C)C)c1[N+](=O)[O-]. The molecule has 0 aliphatic rings. The lowest BCUT2D eigenvalue weighted by atomic mass is 10.1. The summed E-state index contributed by atoms with van der Waals surface area (Å²) in [5.41, 5.74) is -0.132. The van der Waals surface area contributed by atoms with Gasteiger partial charge >= 0.3 is 5.69 Å². The normalized spacial score (nSPS) is 10.6. The van der Waals surface area contributed by atoms with Crippen LogP contribution in [0.3, 0.4) is 0 Å². The Morgan fingerprint density at radius 3 is 2.76 bits per heavy atom. The van der Waals surface area contributed by atoms with Crippen LogP contribution >= 0.6 is 0 Å². The number of aromatic nitrogens is 2. The molecule has 0 bridgehead atoms. The molecule has 0 saturated carbocycles. The molecule has 0 aliphatic carbocycles. The number of nitro groups is 1. The molecule has 1 aromatic rings. The number of nitrogens with zero attached hydrogens (tertiary/aromatic N) is 2. The Morgan fingerprint density at radius 1 is 1.59 bits per heavy atom. The number of carbonyl (C=O) groups excluding carboxylic acids is 1. The molecule has 2 N–H and O–H groups in total. The Hall–Kier alpha value is -1.92. The topological polar surface area (TPSA) is 101 Å². The molecule has 0 saturated heterocycles. The number of H-pyrrole nitrogens is 1. The van der Waals surface area contributed by atoms with E-state index in [-0.39, 0.29) is 17.1 Å². The highest BCUT2D eigenvalue weighted by Gasteiger charge is 2.26. The number of rotatable bonds is 5. The Kier molecular flexibility index (Phi) is 4.19. The Balaban J connectivity index is 2.72. The fraction of sp³-hybridized carbons (Fsp3) is 0.600. The number of aromatic amines is 1. The predicted molar refractivity (Wildman–Crippen MR) is 61.8 cm³/mol. The van der Waals surface area contributed by atoms with Gasteiger partial charge in [0.05, 0.1) is 4.92 Å². The molecule has 7 heteroatoms. The Morgan fingerprint density at radius 2 is 2.24 bits per heavy atom. The van der Waals surface area contributed by atoms with Gasteiger partial charge in [-0.25, -0.2) is 0 Å². The van der Waals surface area contributed by atoms with Gasteiger partial charge < -0.3 is 5.32 Å². The average molecular weight is 240 g/mol. The molecule has 0 radical (unpaired) electrons. The van der Waals surface area contributed by atoms with E-state index in [1.54, 1.807) is 0 Å². The Labute approximate surface area is 98.7 Å². The van der Waals surface area contributed by atoms with E-state index >= 15 is 0 Å². The molecule has 0 unspecified atom stereocenters. The summed E-state index contributed by atoms with van der Waals surface area (Å²) in [6.07, 6.45) is 0.822. The van der Waals surface area contributed by atoms with Crippen LogP contribution in [0.25, 0.3) is 0 Å². The lowest BCUT2D eigenvalue weighted by Crippen LogP contribution is -2.26. The summed E-state index contributed by atoms with van der Waals surface area (Å²) in [6.45, 7) is 6.07. The van der Waals surface area contributed by atoms with Gasteiger partial charge in [-0.1, -0.05) is 13.8 Å². The first-order valence-electron chi connectivity index (χ1n) is 5.41. The minimum Gasteiger partial charge on any atom is -0.350 e. The van der Waals surface area contributed by atoms with Crippen LogP contribution in [0.1, 0.15) is 36.5 Å². The molecular formula is C10H16N4O3. The highest BCUT2D eigenvalue weighted by molar-refractivity contribution is 5.96. The van der Waals surface area contributed by atoms with Gasteiger partial charge in [-0.2, -0.15) is 5.10 Å². The molecular weight excluding hydrogens is 224 g/mol. The number of carbonyl (C=O) groups is 1. The van der Waals surface area contributed by atoms with E-state index in [0.717, 1.165) is 6.42 Å². The quantitative estimate of drug-likeness (QED) is 0.600. The summed E-state index contributed by atoms with van der Waals surface area (Å²) in [4.78, 5) is 21.8. The molecule has 1 amide bonds. The zero-order chi connectivity index (χ0) is 13.0. The van der Waals surface area contributed by atoms with E-state index in [9.17, 15) is 14.9 Å². The largest absolute Gasteiger partial charge is 0.350 e. The van der Waals surface area contributed by atoms with Crippen molar-refractivity contribution in [2.45, 2.75) is 27.2 Å². The van der Waals surface area contributed by atoms with Gasteiger partial charge in [-0.15, -0.1) is 0 Å². The summed E-state index contributed by atoms with van der Waals surface area (Å²) < 4.78 is 0. The predicted octanol–water partition coefficient (Wildman–Crippen LogP) is 1.40. The summed E-state index contributed by atoms with van der Waals surface area (Å²) in [5.74, 6) is -0.0482. The van der Waals surface area contributed by atoms with Gasteiger partial charge in [0, 0.05) is 6.54 Å². The maximum absolute atomic E-state index is 11.7. The average Bonchev–Trinajstić information content (AvgIpc) is 2.59. The van der Waals surface area contributed by atoms with Crippen LogP contribution < -0.4 is 5.32 Å². The first kappa shape index (κ1) is 13.1. The first-order valence-corrected chi connectivity index (χ1v) is 5.41. The summed E-state index contributed by atoms with van der Waals surface area (Å²) in [6, 6.07) is 0. The lowest BCUT2D eigenvalue weighted by Gasteiger charge is -2.05. The molecule has 94 valence electrons. The van der Waals surface area contributed by atoms with E-state index in [1.807, 2.05) is 13.8 Å². The smallest absolute Gasteiger partial charge is 0.322 e. The summed E-state index contributed by atoms with van der Waals surface area (Å²) in [5, 5.41) is 19.5. The van der Waals surface area contributed by atoms with E-state index in [1.165, 1.54) is 6.92 Å². The number of amides is 1. The van der Waals surface area contributed by atoms with Crippen molar-refractivity contribution >= 4 is 11.6 Å². The van der Waals surface area contributed by atoms with Crippen molar-refractivity contribution in [3.63, 3.8) is 0 Å². The summed E-state index contributed by atoms with van der Waals surface area (Å²) in [7, 11) is 0. The van der Waals surface area contributed by atoms with Crippen LogP contribution in [0.5, 0.6) is 0 Å². The molecule has 7 nitrogen and oxygen atoms in total. The summed E-state index contributed by atoms with van der Waals surface area (Å²) >= 11 is 0. The first-order chi connectivity index (χ1) is 7.93. The number of nitrogens with one attached hydrogen (secondary N) is 2. The maximum atomic E-state index is 11.7. The maximum Gasteiger partial charge on any atom is 0.322 e. The van der Waals surface area contributed by atoms with Gasteiger partial charge in [-0.05, 0) is 19.3 Å². The van der Waals surface area contributed by atoms with Crippen molar-refractivity contribution in [3.05, 3.63) is 21.5 Å². The van der Waals surface area contributed by atoms with E-state index in [0.29, 0.717) is 12.5 Å². The second kappa shape index (κ2) is 5.42. The molecule has 1 heterocycles. The van der Waals surface area contributed by atoms with Gasteiger partial charge in [-0.3, -0.25) is 20.0 Å². The minimum atomic E-state index is -0.601. The molecule has 0 aliphatic heterocycles. The molecule has 0 fully saturated rings. The molecule has 0 aromatic carbocycles. The lowest BCUT2D eigenvalue weighted by molar-refractivity contribution is -0.385. The third-order valence-corrected chi connectivity index (χ3v) is 2.32. The third-order valence-electron chi connectivity index (χ3n) is 2.32. The van der Waals surface area contributed by atoms with Crippen molar-refractivity contribution in [2.24, 2.45) is 5.92 Å².